The number of carbonyl (C=O) groups excluding carboxylic acids is 2. The minimum Gasteiger partial charge on any atom is -0.352 e. The number of amides is 2. The van der Waals surface area contributed by atoms with Gasteiger partial charge < -0.3 is 10.2 Å². The minimum atomic E-state index is -3.67. The van der Waals surface area contributed by atoms with E-state index >= 15 is 0 Å². The third-order valence-corrected chi connectivity index (χ3v) is 8.68. The van der Waals surface area contributed by atoms with E-state index < -0.39 is 16.1 Å². The van der Waals surface area contributed by atoms with E-state index in [2.05, 4.69) is 21.2 Å². The van der Waals surface area contributed by atoms with Crippen LogP contribution in [0.15, 0.2) is 70.0 Å². The molecule has 1 aliphatic heterocycles. The highest BCUT2D eigenvalue weighted by Gasteiger charge is 2.35. The van der Waals surface area contributed by atoms with Gasteiger partial charge >= 0.3 is 0 Å². The molecule has 7 nitrogen and oxygen atoms in total. The highest BCUT2D eigenvalue weighted by atomic mass is 79.9. The molecule has 4 rings (SSSR count). The largest absolute Gasteiger partial charge is 0.352 e. The van der Waals surface area contributed by atoms with Crippen molar-refractivity contribution in [2.45, 2.75) is 57.1 Å². The summed E-state index contributed by atoms with van der Waals surface area (Å²) in [5, 5.41) is 4.48. The molecule has 3 aromatic rings. The summed E-state index contributed by atoms with van der Waals surface area (Å²) in [5.41, 5.74) is 1.55. The molecule has 36 heavy (non-hydrogen) atoms. The van der Waals surface area contributed by atoms with Crippen LogP contribution in [0.2, 0.25) is 0 Å². The number of hydrogen-bond donors (Lipinski definition) is 1. The summed E-state index contributed by atoms with van der Waals surface area (Å²) in [6, 6.07) is 17.7. The Hall–Kier alpha value is -2.91. The Kier molecular flexibility index (Phi) is 7.70. The van der Waals surface area contributed by atoms with Crippen LogP contribution in [0.4, 0.5) is 5.69 Å². The van der Waals surface area contributed by atoms with Crippen LogP contribution >= 0.6 is 15.9 Å². The van der Waals surface area contributed by atoms with Crippen molar-refractivity contribution in [1.82, 2.24) is 10.2 Å². The Morgan fingerprint density at radius 2 is 1.67 bits per heavy atom. The Bertz CT molecular complexity index is 1380. The van der Waals surface area contributed by atoms with Gasteiger partial charge in [-0.3, -0.25) is 13.9 Å². The second-order valence-corrected chi connectivity index (χ2v) is 12.0. The zero-order valence-corrected chi connectivity index (χ0v) is 23.0. The van der Waals surface area contributed by atoms with Crippen LogP contribution in [-0.4, -0.2) is 43.8 Å². The standard InChI is InChI=1S/C27H30BrN3O4S/c1-18(2)29-27(33)19(3)30(17-20-12-14-22(28)15-13-20)25(32)11-6-16-31-23-9-4-7-21-8-5-10-24(26(21)23)36(31,34)35/h4-5,7-10,12-15,18-19H,6,11,16-17H2,1-3H3,(H,29,33)/t19-/m1/s1. The van der Waals surface area contributed by atoms with Crippen molar-refractivity contribution >= 4 is 54.2 Å². The lowest BCUT2D eigenvalue weighted by Gasteiger charge is -2.30. The van der Waals surface area contributed by atoms with E-state index in [9.17, 15) is 18.0 Å². The van der Waals surface area contributed by atoms with Crippen LogP contribution in [0, 0.1) is 0 Å². The van der Waals surface area contributed by atoms with Crippen molar-refractivity contribution in [1.29, 1.82) is 0 Å². The van der Waals surface area contributed by atoms with Gasteiger partial charge in [0.2, 0.25) is 11.8 Å². The number of nitrogens with zero attached hydrogens (tertiary/aromatic N) is 2. The maximum absolute atomic E-state index is 13.4. The summed E-state index contributed by atoms with van der Waals surface area (Å²) < 4.78 is 28.8. The lowest BCUT2D eigenvalue weighted by molar-refractivity contribution is -0.140. The van der Waals surface area contributed by atoms with Gasteiger partial charge in [-0.15, -0.1) is 0 Å². The Morgan fingerprint density at radius 1 is 1.00 bits per heavy atom. The molecule has 0 aliphatic carbocycles. The first kappa shape index (κ1) is 26.2. The molecule has 0 unspecified atom stereocenters. The molecule has 0 aromatic heterocycles. The van der Waals surface area contributed by atoms with Crippen molar-refractivity contribution < 1.29 is 18.0 Å². The molecule has 1 atom stereocenters. The molecule has 0 bridgehead atoms. The second-order valence-electron chi connectivity index (χ2n) is 9.30. The van der Waals surface area contributed by atoms with Crippen molar-refractivity contribution in [2.24, 2.45) is 0 Å². The SMILES string of the molecule is CC(C)NC(=O)[C@@H](C)N(Cc1ccc(Br)cc1)C(=O)CCCN1c2cccc3cccc(c23)S1(=O)=O. The molecule has 0 saturated heterocycles. The zero-order chi connectivity index (χ0) is 26.0. The molecule has 1 aliphatic rings. The predicted molar refractivity (Wildman–Crippen MR) is 145 cm³/mol. The van der Waals surface area contributed by atoms with E-state index in [1.165, 1.54) is 4.31 Å². The van der Waals surface area contributed by atoms with E-state index in [4.69, 9.17) is 0 Å². The van der Waals surface area contributed by atoms with Crippen LogP contribution in [0.3, 0.4) is 0 Å². The molecule has 0 saturated carbocycles. The number of halogens is 1. The first-order chi connectivity index (χ1) is 17.1. The molecular formula is C27H30BrN3O4S. The first-order valence-electron chi connectivity index (χ1n) is 12.0. The lowest BCUT2D eigenvalue weighted by atomic mass is 10.1. The quantitative estimate of drug-likeness (QED) is 0.398. The summed E-state index contributed by atoms with van der Waals surface area (Å²) in [6.45, 7) is 5.93. The highest BCUT2D eigenvalue weighted by Crippen LogP contribution is 2.42. The number of hydrogen-bond acceptors (Lipinski definition) is 4. The fourth-order valence-electron chi connectivity index (χ4n) is 4.49. The average Bonchev–Trinajstić information content (AvgIpc) is 3.06. The molecule has 0 radical (unpaired) electrons. The van der Waals surface area contributed by atoms with Crippen molar-refractivity contribution in [3.63, 3.8) is 0 Å². The summed E-state index contributed by atoms with van der Waals surface area (Å²) in [4.78, 5) is 28.0. The van der Waals surface area contributed by atoms with Gasteiger partial charge in [0.05, 0.1) is 10.6 Å². The summed E-state index contributed by atoms with van der Waals surface area (Å²) in [6.07, 6.45) is 0.450. The summed E-state index contributed by atoms with van der Waals surface area (Å²) in [7, 11) is -3.67. The van der Waals surface area contributed by atoms with Crippen molar-refractivity contribution in [3.8, 4) is 0 Å². The van der Waals surface area contributed by atoms with Crippen LogP contribution in [-0.2, 0) is 26.2 Å². The lowest BCUT2D eigenvalue weighted by Crippen LogP contribution is -2.49. The Balaban J connectivity index is 1.49. The van der Waals surface area contributed by atoms with Crippen LogP contribution in [0.1, 0.15) is 39.2 Å². The van der Waals surface area contributed by atoms with E-state index in [0.717, 1.165) is 20.8 Å². The Labute approximate surface area is 220 Å². The van der Waals surface area contributed by atoms with Gasteiger partial charge in [0.15, 0.2) is 0 Å². The van der Waals surface area contributed by atoms with Crippen LogP contribution < -0.4 is 9.62 Å². The maximum atomic E-state index is 13.4. The fraction of sp³-hybridized carbons (Fsp3) is 0.333. The smallest absolute Gasteiger partial charge is 0.265 e. The molecule has 3 aromatic carbocycles. The molecule has 0 spiro atoms. The number of anilines is 1. The second kappa shape index (κ2) is 10.6. The van der Waals surface area contributed by atoms with Crippen molar-refractivity contribution in [3.05, 3.63) is 70.7 Å². The number of sulfonamides is 1. The van der Waals surface area contributed by atoms with E-state index in [1.54, 1.807) is 30.0 Å². The average molecular weight is 573 g/mol. The molecule has 2 amide bonds. The summed E-state index contributed by atoms with van der Waals surface area (Å²) >= 11 is 3.42. The van der Waals surface area contributed by atoms with Gasteiger partial charge in [0.1, 0.15) is 6.04 Å². The zero-order valence-electron chi connectivity index (χ0n) is 20.6. The predicted octanol–water partition coefficient (Wildman–Crippen LogP) is 4.83. The third-order valence-electron chi connectivity index (χ3n) is 6.30. The number of carbonyl (C=O) groups is 2. The highest BCUT2D eigenvalue weighted by molar-refractivity contribution is 9.10. The minimum absolute atomic E-state index is 0.0469. The van der Waals surface area contributed by atoms with Crippen LogP contribution in [0.25, 0.3) is 10.8 Å². The molecule has 9 heteroatoms. The number of benzene rings is 3. The monoisotopic (exact) mass is 571 g/mol. The van der Waals surface area contributed by atoms with Gasteiger partial charge in [-0.05, 0) is 62.4 Å². The molecule has 1 heterocycles. The van der Waals surface area contributed by atoms with Gasteiger partial charge in [0.25, 0.3) is 10.0 Å². The fourth-order valence-corrected chi connectivity index (χ4v) is 6.50. The van der Waals surface area contributed by atoms with Crippen molar-refractivity contribution in [2.75, 3.05) is 10.8 Å². The Morgan fingerprint density at radius 3 is 2.33 bits per heavy atom. The normalized spacial score (nSPS) is 14.8. The molecular weight excluding hydrogens is 542 g/mol. The number of rotatable bonds is 9. The van der Waals surface area contributed by atoms with Gasteiger partial charge in [0, 0.05) is 35.4 Å². The molecule has 0 fully saturated rings. The molecule has 1 N–H and O–H groups in total. The van der Waals surface area contributed by atoms with Gasteiger partial charge in [-0.25, -0.2) is 8.42 Å². The van der Waals surface area contributed by atoms with E-state index in [-0.39, 0.29) is 37.4 Å². The van der Waals surface area contributed by atoms with Gasteiger partial charge in [-0.1, -0.05) is 52.3 Å². The van der Waals surface area contributed by atoms with E-state index in [1.807, 2.05) is 56.3 Å². The topological polar surface area (TPSA) is 86.8 Å². The van der Waals surface area contributed by atoms with E-state index in [0.29, 0.717) is 17.0 Å². The maximum Gasteiger partial charge on any atom is 0.265 e. The third kappa shape index (κ3) is 5.27. The van der Waals surface area contributed by atoms with Gasteiger partial charge in [-0.2, -0.15) is 0 Å². The van der Waals surface area contributed by atoms with Crippen LogP contribution in [0.5, 0.6) is 0 Å². The molecule has 190 valence electrons. The first-order valence-corrected chi connectivity index (χ1v) is 14.2. The summed E-state index contributed by atoms with van der Waals surface area (Å²) in [5.74, 6) is -0.420. The number of nitrogens with one attached hydrogen (secondary N) is 1.